The molecule has 1 aromatic carbocycles. The van der Waals surface area contributed by atoms with Crippen LogP contribution < -0.4 is 14.8 Å². The van der Waals surface area contributed by atoms with Gasteiger partial charge in [0.15, 0.2) is 11.5 Å². The summed E-state index contributed by atoms with van der Waals surface area (Å²) in [5.74, 6) is 1.52. The van der Waals surface area contributed by atoms with Crippen LogP contribution in [0, 0.1) is 5.92 Å². The summed E-state index contributed by atoms with van der Waals surface area (Å²) in [6.45, 7) is 6.90. The predicted molar refractivity (Wildman–Crippen MR) is 111 cm³/mol. The van der Waals surface area contributed by atoms with E-state index in [1.165, 1.54) is 0 Å². The minimum atomic E-state index is -0.216. The quantitative estimate of drug-likeness (QED) is 0.790. The minimum Gasteiger partial charge on any atom is -0.454 e. The van der Waals surface area contributed by atoms with Crippen LogP contribution in [0.2, 0.25) is 0 Å². The highest BCUT2D eigenvalue weighted by molar-refractivity contribution is 5.85. The first-order valence-corrected chi connectivity index (χ1v) is 10.7. The van der Waals surface area contributed by atoms with Gasteiger partial charge in [-0.05, 0) is 32.8 Å². The van der Waals surface area contributed by atoms with Gasteiger partial charge in [-0.1, -0.05) is 18.6 Å². The second kappa shape index (κ2) is 9.96. The Morgan fingerprint density at radius 2 is 2.03 bits per heavy atom. The number of nitrogens with one attached hydrogen (secondary N) is 1. The molecule has 7 nitrogen and oxygen atoms in total. The number of carbonyl (C=O) groups excluding carboxylic acids is 2. The van der Waals surface area contributed by atoms with E-state index >= 15 is 0 Å². The van der Waals surface area contributed by atoms with Crippen LogP contribution >= 0.6 is 0 Å². The summed E-state index contributed by atoms with van der Waals surface area (Å²) in [6.07, 6.45) is 2.90. The van der Waals surface area contributed by atoms with Gasteiger partial charge in [0.25, 0.3) is 0 Å². The van der Waals surface area contributed by atoms with E-state index in [1.54, 1.807) is 4.90 Å². The van der Waals surface area contributed by atoms with Gasteiger partial charge in [0, 0.05) is 57.2 Å². The number of ether oxygens (including phenoxy) is 2. The molecule has 3 rings (SSSR count). The Kier molecular flexibility index (Phi) is 7.36. The molecule has 2 aliphatic rings. The number of hydrogen-bond acceptors (Lipinski definition) is 5. The normalized spacial score (nSPS) is 22.0. The third-order valence-corrected chi connectivity index (χ3v) is 5.93. The van der Waals surface area contributed by atoms with Gasteiger partial charge < -0.3 is 24.6 Å². The van der Waals surface area contributed by atoms with E-state index < -0.39 is 0 Å². The van der Waals surface area contributed by atoms with Crippen LogP contribution in [0.3, 0.4) is 0 Å². The molecule has 1 N–H and O–H groups in total. The zero-order valence-corrected chi connectivity index (χ0v) is 17.8. The summed E-state index contributed by atoms with van der Waals surface area (Å²) in [6, 6.07) is 6.07. The van der Waals surface area contributed by atoms with Gasteiger partial charge in [-0.3, -0.25) is 9.59 Å². The lowest BCUT2D eigenvalue weighted by atomic mass is 9.95. The van der Waals surface area contributed by atoms with Crippen LogP contribution in [0.25, 0.3) is 0 Å². The monoisotopic (exact) mass is 403 g/mol. The van der Waals surface area contributed by atoms with E-state index in [-0.39, 0.29) is 30.6 Å². The number of carbonyl (C=O) groups is 2. The molecule has 2 heterocycles. The van der Waals surface area contributed by atoms with Crippen LogP contribution in [0.1, 0.15) is 45.1 Å². The van der Waals surface area contributed by atoms with Crippen LogP contribution in [0.5, 0.6) is 11.5 Å². The van der Waals surface area contributed by atoms with Crippen molar-refractivity contribution in [3.63, 3.8) is 0 Å². The van der Waals surface area contributed by atoms with Gasteiger partial charge in [-0.25, -0.2) is 0 Å². The largest absolute Gasteiger partial charge is 0.454 e. The van der Waals surface area contributed by atoms with Crippen LogP contribution in [-0.4, -0.2) is 61.1 Å². The Hall–Kier alpha value is -2.28. The standard InChI is InChI=1S/C22H33N3O4/c1-4-25(5-2)22(27)16-8-6-10-18(14-24(3)20(26)12-16)23-13-17-9-7-11-19-21(17)29-15-28-19/h7,9,11,16,18,23H,4-6,8,10,12-15H2,1-3H3. The molecule has 160 valence electrons. The molecule has 0 aromatic heterocycles. The number of hydrogen-bond donors (Lipinski definition) is 1. The van der Waals surface area contributed by atoms with Gasteiger partial charge in [0.05, 0.1) is 0 Å². The van der Waals surface area contributed by atoms with Crippen LogP contribution in [-0.2, 0) is 16.1 Å². The molecule has 2 unspecified atom stereocenters. The molecule has 1 aromatic rings. The summed E-state index contributed by atoms with van der Waals surface area (Å²) in [5.41, 5.74) is 1.06. The number of amides is 2. The molecular weight excluding hydrogens is 370 g/mol. The molecule has 1 saturated heterocycles. The lowest BCUT2D eigenvalue weighted by molar-refractivity contribution is -0.140. The van der Waals surface area contributed by atoms with Crippen molar-refractivity contribution in [2.75, 3.05) is 33.5 Å². The zero-order valence-electron chi connectivity index (χ0n) is 17.8. The SMILES string of the molecule is CCN(CC)C(=O)C1CCCC(NCc2cccc3c2OCO3)CN(C)C(=O)C1. The second-order valence-electron chi connectivity index (χ2n) is 7.85. The number of para-hydroxylation sites is 1. The topological polar surface area (TPSA) is 71.1 Å². The van der Waals surface area contributed by atoms with Crippen molar-refractivity contribution in [1.29, 1.82) is 0 Å². The van der Waals surface area contributed by atoms with Crippen molar-refractivity contribution in [3.05, 3.63) is 23.8 Å². The molecule has 0 saturated carbocycles. The lowest BCUT2D eigenvalue weighted by Gasteiger charge is -2.26. The maximum absolute atomic E-state index is 12.8. The lowest BCUT2D eigenvalue weighted by Crippen LogP contribution is -2.42. The maximum atomic E-state index is 12.8. The molecule has 2 aliphatic heterocycles. The Balaban J connectivity index is 1.62. The number of fused-ring (bicyclic) bond motifs is 1. The van der Waals surface area contributed by atoms with Gasteiger partial charge in [-0.2, -0.15) is 0 Å². The summed E-state index contributed by atoms with van der Waals surface area (Å²) in [5, 5.41) is 3.58. The fourth-order valence-electron chi connectivity index (χ4n) is 4.16. The van der Waals surface area contributed by atoms with E-state index in [4.69, 9.17) is 9.47 Å². The first-order chi connectivity index (χ1) is 14.0. The van der Waals surface area contributed by atoms with Crippen molar-refractivity contribution in [1.82, 2.24) is 15.1 Å². The molecule has 0 spiro atoms. The average molecular weight is 404 g/mol. The van der Waals surface area contributed by atoms with Crippen LogP contribution in [0.15, 0.2) is 18.2 Å². The summed E-state index contributed by atoms with van der Waals surface area (Å²) < 4.78 is 11.0. The Bertz CT molecular complexity index is 720. The molecular formula is C22H33N3O4. The number of nitrogens with zero attached hydrogens (tertiary/aromatic N) is 2. The molecule has 1 fully saturated rings. The third kappa shape index (κ3) is 5.21. The van der Waals surface area contributed by atoms with E-state index in [9.17, 15) is 9.59 Å². The van der Waals surface area contributed by atoms with E-state index in [0.29, 0.717) is 32.6 Å². The predicted octanol–water partition coefficient (Wildman–Crippen LogP) is 2.39. The fraction of sp³-hybridized carbons (Fsp3) is 0.636. The number of rotatable bonds is 6. The van der Waals surface area contributed by atoms with Crippen molar-refractivity contribution >= 4 is 11.8 Å². The van der Waals surface area contributed by atoms with Gasteiger partial charge in [0.1, 0.15) is 0 Å². The molecule has 0 aliphatic carbocycles. The highest BCUT2D eigenvalue weighted by Gasteiger charge is 2.29. The first-order valence-electron chi connectivity index (χ1n) is 10.7. The van der Waals surface area contributed by atoms with E-state index in [2.05, 4.69) is 5.32 Å². The Labute approximate surface area is 173 Å². The molecule has 0 bridgehead atoms. The maximum Gasteiger partial charge on any atom is 0.231 e. The Morgan fingerprint density at radius 1 is 1.24 bits per heavy atom. The number of benzene rings is 1. The molecule has 7 heteroatoms. The molecule has 0 radical (unpaired) electrons. The number of likely N-dealkylation sites (N-methyl/N-ethyl adjacent to an activating group) is 1. The third-order valence-electron chi connectivity index (χ3n) is 5.93. The van der Waals surface area contributed by atoms with Crippen molar-refractivity contribution in [2.45, 2.75) is 52.1 Å². The summed E-state index contributed by atoms with van der Waals surface area (Å²) >= 11 is 0. The highest BCUT2D eigenvalue weighted by Crippen LogP contribution is 2.35. The van der Waals surface area contributed by atoms with Crippen molar-refractivity contribution in [3.8, 4) is 11.5 Å². The zero-order chi connectivity index (χ0) is 20.8. The van der Waals surface area contributed by atoms with Crippen molar-refractivity contribution < 1.29 is 19.1 Å². The average Bonchev–Trinajstić information content (AvgIpc) is 3.22. The summed E-state index contributed by atoms with van der Waals surface area (Å²) in [4.78, 5) is 29.1. The van der Waals surface area contributed by atoms with E-state index in [1.807, 2.05) is 44.0 Å². The summed E-state index contributed by atoms with van der Waals surface area (Å²) in [7, 11) is 1.83. The molecule has 29 heavy (non-hydrogen) atoms. The van der Waals surface area contributed by atoms with Gasteiger partial charge in [-0.15, -0.1) is 0 Å². The highest BCUT2D eigenvalue weighted by atomic mass is 16.7. The van der Waals surface area contributed by atoms with Gasteiger partial charge >= 0.3 is 0 Å². The smallest absolute Gasteiger partial charge is 0.231 e. The molecule has 2 atom stereocenters. The van der Waals surface area contributed by atoms with E-state index in [0.717, 1.165) is 36.3 Å². The molecule has 2 amide bonds. The van der Waals surface area contributed by atoms with Crippen molar-refractivity contribution in [2.24, 2.45) is 5.92 Å². The Morgan fingerprint density at radius 3 is 2.79 bits per heavy atom. The minimum absolute atomic E-state index is 0.0431. The second-order valence-corrected chi connectivity index (χ2v) is 7.85. The van der Waals surface area contributed by atoms with Gasteiger partial charge in [0.2, 0.25) is 18.6 Å². The fourth-order valence-corrected chi connectivity index (χ4v) is 4.16. The van der Waals surface area contributed by atoms with Crippen LogP contribution in [0.4, 0.5) is 0 Å². The first kappa shape index (κ1) is 21.4.